The Morgan fingerprint density at radius 2 is 2.00 bits per heavy atom. The molecule has 0 saturated carbocycles. The third-order valence-electron chi connectivity index (χ3n) is 2.52. The van der Waals surface area contributed by atoms with Crippen LogP contribution in [0.25, 0.3) is 6.08 Å². The van der Waals surface area contributed by atoms with Gasteiger partial charge in [-0.3, -0.25) is 14.3 Å². The highest BCUT2D eigenvalue weighted by Gasteiger charge is 2.05. The van der Waals surface area contributed by atoms with Crippen molar-refractivity contribution in [3.63, 3.8) is 0 Å². The monoisotopic (exact) mass is 416 g/mol. The zero-order valence-corrected chi connectivity index (χ0v) is 14.9. The van der Waals surface area contributed by atoms with E-state index in [0.717, 1.165) is 5.69 Å². The van der Waals surface area contributed by atoms with Crippen LogP contribution in [-0.4, -0.2) is 23.9 Å². The summed E-state index contributed by atoms with van der Waals surface area (Å²) in [5.74, 6) is -0.973. The molecule has 0 saturated heterocycles. The summed E-state index contributed by atoms with van der Waals surface area (Å²) in [7, 11) is -4.06. The Hall–Kier alpha value is -2.10. The lowest BCUT2D eigenvalue weighted by atomic mass is 10.2. The molecule has 0 spiro atoms. The molecule has 0 radical (unpaired) electrons. The first-order valence-electron chi connectivity index (χ1n) is 6.42. The zero-order chi connectivity index (χ0) is 18.3. The SMILES string of the molecule is Cc1cccc(C=CS(=O)(=O)O)n1.NC(=O)c1ccc(F)cc1Br. The van der Waals surface area contributed by atoms with E-state index in [4.69, 9.17) is 10.3 Å². The van der Waals surface area contributed by atoms with Gasteiger partial charge in [-0.15, -0.1) is 0 Å². The molecule has 0 aliphatic carbocycles. The van der Waals surface area contributed by atoms with Crippen molar-refractivity contribution < 1.29 is 22.2 Å². The number of nitrogens with two attached hydrogens (primary N) is 1. The van der Waals surface area contributed by atoms with Crippen LogP contribution in [0.15, 0.2) is 46.3 Å². The highest BCUT2D eigenvalue weighted by atomic mass is 79.9. The third kappa shape index (κ3) is 7.44. The van der Waals surface area contributed by atoms with Gasteiger partial charge in [-0.2, -0.15) is 8.42 Å². The van der Waals surface area contributed by atoms with Crippen LogP contribution in [0.3, 0.4) is 0 Å². The second-order valence-electron chi connectivity index (χ2n) is 4.51. The lowest BCUT2D eigenvalue weighted by Gasteiger charge is -1.97. The summed E-state index contributed by atoms with van der Waals surface area (Å²) in [6, 6.07) is 8.91. The topological polar surface area (TPSA) is 110 Å². The molecule has 0 aliphatic rings. The average molecular weight is 417 g/mol. The molecule has 128 valence electrons. The van der Waals surface area contributed by atoms with Crippen LogP contribution in [0.1, 0.15) is 21.7 Å². The van der Waals surface area contributed by atoms with Crippen molar-refractivity contribution in [2.75, 3.05) is 0 Å². The maximum absolute atomic E-state index is 12.4. The van der Waals surface area contributed by atoms with Crippen LogP contribution >= 0.6 is 15.9 Å². The van der Waals surface area contributed by atoms with Crippen LogP contribution in [0, 0.1) is 12.7 Å². The van der Waals surface area contributed by atoms with Crippen molar-refractivity contribution in [2.45, 2.75) is 6.92 Å². The average Bonchev–Trinajstić information content (AvgIpc) is 2.45. The van der Waals surface area contributed by atoms with Crippen molar-refractivity contribution >= 4 is 38.0 Å². The number of hydrogen-bond acceptors (Lipinski definition) is 4. The molecular weight excluding hydrogens is 403 g/mol. The largest absolute Gasteiger partial charge is 0.366 e. The van der Waals surface area contributed by atoms with Crippen LogP contribution in [0.4, 0.5) is 4.39 Å². The van der Waals surface area contributed by atoms with Gasteiger partial charge in [0, 0.05) is 10.2 Å². The van der Waals surface area contributed by atoms with Crippen molar-refractivity contribution in [3.05, 3.63) is 69.0 Å². The highest BCUT2D eigenvalue weighted by Crippen LogP contribution is 2.16. The van der Waals surface area contributed by atoms with Gasteiger partial charge in [-0.05, 0) is 59.3 Å². The number of amides is 1. The van der Waals surface area contributed by atoms with Crippen LogP contribution in [-0.2, 0) is 10.1 Å². The van der Waals surface area contributed by atoms with E-state index in [2.05, 4.69) is 20.9 Å². The smallest absolute Gasteiger partial charge is 0.287 e. The van der Waals surface area contributed by atoms with Crippen molar-refractivity contribution in [1.82, 2.24) is 4.98 Å². The quantitative estimate of drug-likeness (QED) is 0.747. The predicted molar refractivity (Wildman–Crippen MR) is 92.2 cm³/mol. The molecule has 6 nitrogen and oxygen atoms in total. The van der Waals surface area contributed by atoms with Crippen LogP contribution < -0.4 is 5.73 Å². The van der Waals surface area contributed by atoms with Gasteiger partial charge in [-0.1, -0.05) is 6.07 Å². The number of aryl methyl sites for hydroxylation is 1. The molecule has 1 aromatic carbocycles. The summed E-state index contributed by atoms with van der Waals surface area (Å²) in [5.41, 5.74) is 6.54. The van der Waals surface area contributed by atoms with Gasteiger partial charge >= 0.3 is 0 Å². The van der Waals surface area contributed by atoms with Gasteiger partial charge < -0.3 is 5.73 Å². The van der Waals surface area contributed by atoms with E-state index in [1.165, 1.54) is 24.3 Å². The fraction of sp³-hybridized carbons (Fsp3) is 0.0667. The van der Waals surface area contributed by atoms with Crippen molar-refractivity contribution in [3.8, 4) is 0 Å². The standard InChI is InChI=1S/C8H9NO3S.C7H5BrFNO/c1-7-3-2-4-8(9-7)5-6-13(10,11)12;8-6-3-4(9)1-2-5(6)7(10)11/h2-6H,1H3,(H,10,11,12);1-3H,(H2,10,11). The van der Waals surface area contributed by atoms with Gasteiger partial charge in [0.05, 0.1) is 16.7 Å². The number of carbonyl (C=O) groups is 1. The Labute approximate surface area is 147 Å². The van der Waals surface area contributed by atoms with E-state index in [-0.39, 0.29) is 5.56 Å². The number of rotatable bonds is 3. The second kappa shape index (κ2) is 8.67. The molecule has 0 bridgehead atoms. The molecule has 9 heteroatoms. The number of primary amides is 1. The number of benzene rings is 1. The van der Waals surface area contributed by atoms with E-state index in [1.54, 1.807) is 25.1 Å². The predicted octanol–water partition coefficient (Wildman–Crippen LogP) is 2.94. The molecule has 3 N–H and O–H groups in total. The molecule has 24 heavy (non-hydrogen) atoms. The molecule has 0 unspecified atom stereocenters. The summed E-state index contributed by atoms with van der Waals surface area (Å²) in [5, 5.41) is 0.703. The molecule has 0 atom stereocenters. The summed E-state index contributed by atoms with van der Waals surface area (Å²) in [6.45, 7) is 1.80. The van der Waals surface area contributed by atoms with E-state index < -0.39 is 21.8 Å². The van der Waals surface area contributed by atoms with E-state index in [1.807, 2.05) is 0 Å². The molecule has 0 fully saturated rings. The molecule has 2 aromatic rings. The molecule has 0 aliphatic heterocycles. The molecular formula is C15H14BrFN2O4S. The minimum Gasteiger partial charge on any atom is -0.366 e. The summed E-state index contributed by atoms with van der Waals surface area (Å²) in [6.07, 6.45) is 1.24. The highest BCUT2D eigenvalue weighted by molar-refractivity contribution is 9.10. The third-order valence-corrected chi connectivity index (χ3v) is 3.65. The summed E-state index contributed by atoms with van der Waals surface area (Å²) >= 11 is 3.01. The van der Waals surface area contributed by atoms with Crippen LogP contribution in [0.2, 0.25) is 0 Å². The molecule has 1 heterocycles. The van der Waals surface area contributed by atoms with Gasteiger partial charge in [-0.25, -0.2) is 4.39 Å². The minimum absolute atomic E-state index is 0.284. The molecule has 1 aromatic heterocycles. The first-order chi connectivity index (χ1) is 11.1. The lowest BCUT2D eigenvalue weighted by Crippen LogP contribution is -2.11. The first-order valence-corrected chi connectivity index (χ1v) is 8.72. The van der Waals surface area contributed by atoms with Crippen LogP contribution in [0.5, 0.6) is 0 Å². The second-order valence-corrected chi connectivity index (χ2v) is 6.67. The van der Waals surface area contributed by atoms with E-state index in [0.29, 0.717) is 15.6 Å². The summed E-state index contributed by atoms with van der Waals surface area (Å²) < 4.78 is 41.9. The van der Waals surface area contributed by atoms with Gasteiger partial charge in [0.2, 0.25) is 5.91 Å². The number of carbonyl (C=O) groups excluding carboxylic acids is 1. The van der Waals surface area contributed by atoms with Crippen molar-refractivity contribution in [2.24, 2.45) is 5.73 Å². The lowest BCUT2D eigenvalue weighted by molar-refractivity contribution is 0.0999. The number of hydrogen-bond donors (Lipinski definition) is 2. The maximum atomic E-state index is 12.4. The number of halogens is 2. The Balaban J connectivity index is 0.000000243. The summed E-state index contributed by atoms with van der Waals surface area (Å²) in [4.78, 5) is 14.6. The Morgan fingerprint density at radius 3 is 2.50 bits per heavy atom. The fourth-order valence-corrected chi connectivity index (χ4v) is 2.36. The number of pyridine rings is 1. The van der Waals surface area contributed by atoms with Crippen molar-refractivity contribution in [1.29, 1.82) is 0 Å². The fourth-order valence-electron chi connectivity index (χ4n) is 1.50. The van der Waals surface area contributed by atoms with E-state index in [9.17, 15) is 17.6 Å². The maximum Gasteiger partial charge on any atom is 0.287 e. The van der Waals surface area contributed by atoms with Gasteiger partial charge in [0.25, 0.3) is 10.1 Å². The number of aromatic nitrogens is 1. The Kier molecular flexibility index (Phi) is 7.20. The Morgan fingerprint density at radius 1 is 1.33 bits per heavy atom. The zero-order valence-electron chi connectivity index (χ0n) is 12.5. The number of nitrogens with zero attached hydrogens (tertiary/aromatic N) is 1. The Bertz CT molecular complexity index is 870. The minimum atomic E-state index is -4.06. The van der Waals surface area contributed by atoms with E-state index >= 15 is 0 Å². The molecule has 2 rings (SSSR count). The first kappa shape index (κ1) is 19.9. The van der Waals surface area contributed by atoms with Gasteiger partial charge in [0.15, 0.2) is 0 Å². The molecule has 1 amide bonds. The normalized spacial score (nSPS) is 11.0. The van der Waals surface area contributed by atoms with Gasteiger partial charge in [0.1, 0.15) is 5.82 Å².